The molecule has 2 atom stereocenters. The fraction of sp³-hybridized carbons (Fsp3) is 0.571. The van der Waals surface area contributed by atoms with Gasteiger partial charge in [-0.25, -0.2) is 26.9 Å². The van der Waals surface area contributed by atoms with E-state index in [-0.39, 0.29) is 22.2 Å². The number of sulfonamides is 1. The van der Waals surface area contributed by atoms with Gasteiger partial charge in [-0.05, 0) is 38.8 Å². The van der Waals surface area contributed by atoms with E-state index in [0.717, 1.165) is 24.2 Å². The van der Waals surface area contributed by atoms with Gasteiger partial charge in [0, 0.05) is 25.7 Å². The molecule has 1 aromatic carbocycles. The fourth-order valence-corrected chi connectivity index (χ4v) is 6.41. The molecule has 0 spiro atoms. The van der Waals surface area contributed by atoms with Crippen LogP contribution in [0.15, 0.2) is 23.4 Å². The van der Waals surface area contributed by atoms with Crippen molar-refractivity contribution in [3.63, 3.8) is 0 Å². The number of fused-ring (bicyclic) bond motifs is 1. The lowest BCUT2D eigenvalue weighted by Crippen LogP contribution is -2.48. The van der Waals surface area contributed by atoms with E-state index in [1.807, 2.05) is 18.7 Å². The second-order valence-corrected chi connectivity index (χ2v) is 11.9. The molecule has 0 unspecified atom stereocenters. The molecule has 0 radical (unpaired) electrons. The van der Waals surface area contributed by atoms with Gasteiger partial charge in [0.25, 0.3) is 6.43 Å². The molecule has 1 saturated heterocycles. The van der Waals surface area contributed by atoms with Gasteiger partial charge in [-0.1, -0.05) is 11.3 Å². The van der Waals surface area contributed by atoms with Crippen molar-refractivity contribution in [3.8, 4) is 5.13 Å². The molecule has 1 saturated carbocycles. The van der Waals surface area contributed by atoms with E-state index < -0.39 is 27.0 Å². The Labute approximate surface area is 205 Å². The number of nitrogens with zero attached hydrogens (tertiary/aromatic N) is 5. The molecule has 3 heterocycles. The number of hydrogen-bond donors (Lipinski definition) is 1. The quantitative estimate of drug-likeness (QED) is 0.475. The maximum absolute atomic E-state index is 13.3. The summed E-state index contributed by atoms with van der Waals surface area (Å²) >= 11 is 0.731. The lowest BCUT2D eigenvalue weighted by molar-refractivity contribution is -0.0510. The fourth-order valence-electron chi connectivity index (χ4n) is 4.23. The van der Waals surface area contributed by atoms with E-state index in [1.54, 1.807) is 13.2 Å². The lowest BCUT2D eigenvalue weighted by Gasteiger charge is -2.38. The summed E-state index contributed by atoms with van der Waals surface area (Å²) in [6.07, 6.45) is -0.103. The summed E-state index contributed by atoms with van der Waals surface area (Å²) in [5.74, 6) is 0. The molecule has 0 bridgehead atoms. The largest absolute Gasteiger partial charge is 0.382 e. The van der Waals surface area contributed by atoms with E-state index in [9.17, 15) is 17.2 Å². The van der Waals surface area contributed by atoms with Gasteiger partial charge in [0.15, 0.2) is 5.01 Å². The maximum atomic E-state index is 13.3. The van der Waals surface area contributed by atoms with Crippen LogP contribution in [0.4, 0.5) is 14.5 Å². The van der Waals surface area contributed by atoms with Gasteiger partial charge in [-0.15, -0.1) is 10.2 Å². The van der Waals surface area contributed by atoms with Gasteiger partial charge in [0.05, 0.1) is 34.9 Å². The third kappa shape index (κ3) is 4.89. The van der Waals surface area contributed by atoms with Crippen LogP contribution in [0.1, 0.15) is 38.1 Å². The first-order valence-corrected chi connectivity index (χ1v) is 13.4. The molecule has 1 N–H and O–H groups in total. The molecule has 1 aliphatic heterocycles. The zero-order valence-electron chi connectivity index (χ0n) is 19.4. The molecule has 0 amide bonds. The van der Waals surface area contributed by atoms with Crippen LogP contribution in [0, 0.1) is 0 Å². The Bertz CT molecular complexity index is 1340. The molecular formula is C21H26F2N6O4S2. The normalized spacial score (nSPS) is 22.3. The van der Waals surface area contributed by atoms with Crippen LogP contribution in [0.5, 0.6) is 0 Å². The van der Waals surface area contributed by atoms with Crippen LogP contribution in [0.3, 0.4) is 0 Å². The Morgan fingerprint density at radius 2 is 2.09 bits per heavy atom. The SMILES string of the molecule is COC[C@H]1CN(c2cc(S(=O)(=O)NC3(C)CC3)cc3c2ncn3-c2nnc(C(F)F)s2)C[C@H](C)O1. The van der Waals surface area contributed by atoms with Crippen molar-refractivity contribution in [2.45, 2.75) is 55.8 Å². The molecule has 3 aromatic rings. The molecule has 10 nitrogen and oxygen atoms in total. The summed E-state index contributed by atoms with van der Waals surface area (Å²) in [5, 5.41) is 7.20. The molecule has 14 heteroatoms. The molecule has 5 rings (SSSR count). The number of halogens is 2. The van der Waals surface area contributed by atoms with E-state index in [1.165, 1.54) is 17.0 Å². The van der Waals surface area contributed by atoms with Crippen LogP contribution in [-0.2, 0) is 19.5 Å². The first kappa shape index (κ1) is 24.4. The number of methoxy groups -OCH3 is 1. The van der Waals surface area contributed by atoms with Crippen molar-refractivity contribution in [3.05, 3.63) is 23.5 Å². The van der Waals surface area contributed by atoms with Crippen molar-refractivity contribution in [2.75, 3.05) is 31.7 Å². The Kier molecular flexibility index (Phi) is 6.28. The van der Waals surface area contributed by atoms with Gasteiger partial charge in [-0.3, -0.25) is 4.57 Å². The van der Waals surface area contributed by atoms with Crippen molar-refractivity contribution < 1.29 is 26.7 Å². The van der Waals surface area contributed by atoms with E-state index in [2.05, 4.69) is 19.9 Å². The van der Waals surface area contributed by atoms with E-state index in [0.29, 0.717) is 36.4 Å². The molecule has 2 fully saturated rings. The summed E-state index contributed by atoms with van der Waals surface area (Å²) in [6.45, 7) is 5.18. The topological polar surface area (TPSA) is 111 Å². The predicted molar refractivity (Wildman–Crippen MR) is 126 cm³/mol. The van der Waals surface area contributed by atoms with E-state index >= 15 is 0 Å². The predicted octanol–water partition coefficient (Wildman–Crippen LogP) is 2.89. The number of nitrogens with one attached hydrogen (secondary N) is 1. The third-order valence-electron chi connectivity index (χ3n) is 6.14. The maximum Gasteiger partial charge on any atom is 0.291 e. The number of aromatic nitrogens is 4. The molecule has 35 heavy (non-hydrogen) atoms. The van der Waals surface area contributed by atoms with Gasteiger partial charge < -0.3 is 14.4 Å². The highest BCUT2D eigenvalue weighted by Gasteiger charge is 2.41. The molecule has 2 aliphatic rings. The molecular weight excluding hydrogens is 502 g/mol. The highest BCUT2D eigenvalue weighted by Crippen LogP contribution is 2.38. The summed E-state index contributed by atoms with van der Waals surface area (Å²) in [6, 6.07) is 3.11. The Hall–Kier alpha value is -2.26. The number of ether oxygens (including phenoxy) is 2. The third-order valence-corrected chi connectivity index (χ3v) is 8.69. The first-order valence-electron chi connectivity index (χ1n) is 11.1. The minimum Gasteiger partial charge on any atom is -0.382 e. The van der Waals surface area contributed by atoms with Gasteiger partial charge in [-0.2, -0.15) is 0 Å². The number of anilines is 1. The summed E-state index contributed by atoms with van der Waals surface area (Å²) < 4.78 is 68.4. The van der Waals surface area contributed by atoms with Gasteiger partial charge in [0.1, 0.15) is 11.8 Å². The van der Waals surface area contributed by atoms with Crippen molar-refractivity contribution in [1.82, 2.24) is 24.5 Å². The van der Waals surface area contributed by atoms with Crippen LogP contribution in [-0.4, -0.2) is 72.7 Å². The van der Waals surface area contributed by atoms with Crippen LogP contribution >= 0.6 is 11.3 Å². The number of rotatable bonds is 8. The van der Waals surface area contributed by atoms with Gasteiger partial charge in [0.2, 0.25) is 15.2 Å². The summed E-state index contributed by atoms with van der Waals surface area (Å²) in [5.41, 5.74) is 1.11. The van der Waals surface area contributed by atoms with Crippen LogP contribution in [0.2, 0.25) is 0 Å². The number of morpholine rings is 1. The Morgan fingerprint density at radius 3 is 2.74 bits per heavy atom. The standard InChI is InChI=1S/C21H26F2N6O4S2/c1-12-8-28(9-13(33-12)10-32-3)15-6-14(35(30,31)27-21(2)4-5-21)7-16-17(15)24-11-29(16)20-26-25-19(34-20)18(22)23/h6-7,11-13,18,27H,4-5,8-10H2,1-3H3/t12-,13+/m0/s1. The average Bonchev–Trinajstić information content (AvgIpc) is 3.17. The minimum atomic E-state index is -3.86. The summed E-state index contributed by atoms with van der Waals surface area (Å²) in [4.78, 5) is 6.61. The second-order valence-electron chi connectivity index (χ2n) is 9.24. The summed E-state index contributed by atoms with van der Waals surface area (Å²) in [7, 11) is -2.26. The Balaban J connectivity index is 1.64. The zero-order chi connectivity index (χ0) is 25.0. The first-order chi connectivity index (χ1) is 16.6. The van der Waals surface area contributed by atoms with Crippen molar-refractivity contribution >= 4 is 38.1 Å². The monoisotopic (exact) mass is 528 g/mol. The average molecular weight is 529 g/mol. The van der Waals surface area contributed by atoms with Gasteiger partial charge >= 0.3 is 0 Å². The van der Waals surface area contributed by atoms with Crippen molar-refractivity contribution in [2.24, 2.45) is 0 Å². The Morgan fingerprint density at radius 1 is 1.31 bits per heavy atom. The molecule has 190 valence electrons. The second kappa shape index (κ2) is 9.00. The number of alkyl halides is 2. The number of benzene rings is 1. The number of hydrogen-bond acceptors (Lipinski definition) is 9. The van der Waals surface area contributed by atoms with Crippen molar-refractivity contribution in [1.29, 1.82) is 0 Å². The highest BCUT2D eigenvalue weighted by molar-refractivity contribution is 7.89. The zero-order valence-corrected chi connectivity index (χ0v) is 21.1. The molecule has 1 aliphatic carbocycles. The van der Waals surface area contributed by atoms with Crippen LogP contribution in [0.25, 0.3) is 16.2 Å². The lowest BCUT2D eigenvalue weighted by atomic mass is 10.1. The highest BCUT2D eigenvalue weighted by atomic mass is 32.2. The smallest absolute Gasteiger partial charge is 0.291 e. The number of imidazole rings is 1. The van der Waals surface area contributed by atoms with Crippen LogP contribution < -0.4 is 9.62 Å². The minimum absolute atomic E-state index is 0.0657. The van der Waals surface area contributed by atoms with E-state index in [4.69, 9.17) is 9.47 Å². The molecule has 2 aromatic heterocycles.